The molecule has 0 N–H and O–H groups in total. The largest absolute Gasteiger partial charge is 0.329 e. The molecular weight excluding hydrogens is 228 g/mol. The summed E-state index contributed by atoms with van der Waals surface area (Å²) in [5, 5.41) is 0. The minimum absolute atomic E-state index is 0.140. The molecule has 2 saturated heterocycles. The molecule has 0 aromatic carbocycles. The fourth-order valence-corrected chi connectivity index (χ4v) is 3.70. The number of hydrogen-bond donors (Lipinski definition) is 0. The van der Waals surface area contributed by atoms with Crippen LogP contribution in [0.15, 0.2) is 0 Å². The highest BCUT2D eigenvalue weighted by Gasteiger charge is 2.54. The van der Waals surface area contributed by atoms with Crippen LogP contribution in [-0.2, 0) is 9.59 Å². The van der Waals surface area contributed by atoms with E-state index in [1.54, 1.807) is 0 Å². The fourth-order valence-electron chi connectivity index (χ4n) is 3.70. The van der Waals surface area contributed by atoms with Gasteiger partial charge < -0.3 is 9.80 Å². The fraction of sp³-hybridized carbons (Fsp3) is 0.857. The smallest absolute Gasteiger partial charge is 0.246 e. The molecule has 0 radical (unpaired) electrons. The molecule has 4 heteroatoms. The number of nitrogens with zero attached hydrogens (tertiary/aromatic N) is 2. The Morgan fingerprint density at radius 2 is 1.94 bits per heavy atom. The van der Waals surface area contributed by atoms with Crippen LogP contribution in [0.1, 0.15) is 46.0 Å². The second-order valence-electron chi connectivity index (χ2n) is 5.83. The minimum atomic E-state index is -0.187. The van der Waals surface area contributed by atoms with Gasteiger partial charge in [0.1, 0.15) is 12.1 Å². The number of carbonyl (C=O) groups excluding carboxylic acids is 2. The van der Waals surface area contributed by atoms with Crippen molar-refractivity contribution in [1.82, 2.24) is 9.80 Å². The van der Waals surface area contributed by atoms with E-state index in [9.17, 15) is 9.59 Å². The van der Waals surface area contributed by atoms with Gasteiger partial charge in [-0.05, 0) is 31.6 Å². The Balaban J connectivity index is 1.86. The average Bonchev–Trinajstić information content (AvgIpc) is 2.97. The molecule has 3 rings (SSSR count). The van der Waals surface area contributed by atoms with Crippen LogP contribution < -0.4 is 0 Å². The van der Waals surface area contributed by atoms with Crippen molar-refractivity contribution < 1.29 is 9.59 Å². The Morgan fingerprint density at radius 3 is 2.56 bits per heavy atom. The summed E-state index contributed by atoms with van der Waals surface area (Å²) in [6, 6.07) is 0.0194. The second kappa shape index (κ2) is 4.25. The number of carbonyl (C=O) groups is 2. The van der Waals surface area contributed by atoms with Crippen molar-refractivity contribution in [3.8, 4) is 0 Å². The topological polar surface area (TPSA) is 40.6 Å². The van der Waals surface area contributed by atoms with Gasteiger partial charge in [-0.25, -0.2) is 0 Å². The highest BCUT2D eigenvalue weighted by Crippen LogP contribution is 2.42. The summed E-state index contributed by atoms with van der Waals surface area (Å²) < 4.78 is 0. The van der Waals surface area contributed by atoms with Gasteiger partial charge in [0.05, 0.1) is 0 Å². The van der Waals surface area contributed by atoms with Crippen LogP contribution in [0.4, 0.5) is 0 Å². The Bertz CT molecular complexity index is 382. The third-order valence-electron chi connectivity index (χ3n) is 4.85. The van der Waals surface area contributed by atoms with Crippen molar-refractivity contribution in [2.75, 3.05) is 6.54 Å². The highest BCUT2D eigenvalue weighted by molar-refractivity contribution is 5.97. The van der Waals surface area contributed by atoms with Crippen molar-refractivity contribution in [2.24, 2.45) is 5.92 Å². The van der Waals surface area contributed by atoms with E-state index in [1.807, 2.05) is 16.7 Å². The number of hydrogen-bond acceptors (Lipinski definition) is 2. The first-order chi connectivity index (χ1) is 8.69. The number of rotatable bonds is 3. The zero-order chi connectivity index (χ0) is 12.9. The first-order valence-corrected chi connectivity index (χ1v) is 7.31. The Labute approximate surface area is 108 Å². The monoisotopic (exact) mass is 250 g/mol. The van der Waals surface area contributed by atoms with Crippen LogP contribution in [0.2, 0.25) is 0 Å². The van der Waals surface area contributed by atoms with Gasteiger partial charge in [-0.15, -0.1) is 0 Å². The molecule has 0 aromatic rings. The zero-order valence-corrected chi connectivity index (χ0v) is 11.3. The van der Waals surface area contributed by atoms with E-state index in [2.05, 4.69) is 6.92 Å². The van der Waals surface area contributed by atoms with Crippen molar-refractivity contribution in [3.63, 3.8) is 0 Å². The molecule has 2 aliphatic heterocycles. The maximum absolute atomic E-state index is 12.6. The third kappa shape index (κ3) is 1.57. The molecule has 0 spiro atoms. The molecular formula is C14H22N2O2. The lowest BCUT2D eigenvalue weighted by molar-refractivity contribution is -0.160. The minimum Gasteiger partial charge on any atom is -0.329 e. The zero-order valence-electron chi connectivity index (χ0n) is 11.3. The summed E-state index contributed by atoms with van der Waals surface area (Å²) in [7, 11) is 0. The summed E-state index contributed by atoms with van der Waals surface area (Å²) in [5.41, 5.74) is 0. The number of fused-ring (bicyclic) bond motifs is 1. The molecule has 3 fully saturated rings. The van der Waals surface area contributed by atoms with Gasteiger partial charge in [-0.3, -0.25) is 9.59 Å². The summed E-state index contributed by atoms with van der Waals surface area (Å²) >= 11 is 0. The molecule has 1 saturated carbocycles. The number of piperazine rings is 1. The van der Waals surface area contributed by atoms with Crippen molar-refractivity contribution >= 4 is 11.8 Å². The first kappa shape index (κ1) is 12.0. The predicted octanol–water partition coefficient (Wildman–Crippen LogP) is 1.40. The Kier molecular flexibility index (Phi) is 2.83. The van der Waals surface area contributed by atoms with Crippen LogP contribution >= 0.6 is 0 Å². The van der Waals surface area contributed by atoms with E-state index >= 15 is 0 Å². The molecule has 100 valence electrons. The quantitative estimate of drug-likeness (QED) is 0.759. The molecule has 2 heterocycles. The van der Waals surface area contributed by atoms with E-state index in [0.717, 1.165) is 38.6 Å². The van der Waals surface area contributed by atoms with Crippen molar-refractivity contribution in [2.45, 2.75) is 64.1 Å². The summed E-state index contributed by atoms with van der Waals surface area (Å²) in [5.74, 6) is 1.05. The summed E-state index contributed by atoms with van der Waals surface area (Å²) in [6.07, 6.45) is 4.81. The van der Waals surface area contributed by atoms with E-state index in [4.69, 9.17) is 0 Å². The maximum Gasteiger partial charge on any atom is 0.246 e. The summed E-state index contributed by atoms with van der Waals surface area (Å²) in [6.45, 7) is 4.97. The van der Waals surface area contributed by atoms with Crippen molar-refractivity contribution in [3.05, 3.63) is 0 Å². The lowest BCUT2D eigenvalue weighted by Crippen LogP contribution is -2.63. The number of amides is 2. The summed E-state index contributed by atoms with van der Waals surface area (Å²) in [4.78, 5) is 28.8. The van der Waals surface area contributed by atoms with E-state index in [-0.39, 0.29) is 23.9 Å². The standard InChI is InChI=1S/C14H22N2O2/c1-3-9-8-12(9)16-10(4-2)13(17)15-7-5-6-11(15)14(16)18/h9-12H,3-8H2,1-2H3. The van der Waals surface area contributed by atoms with Gasteiger partial charge in [-0.1, -0.05) is 20.3 Å². The van der Waals surface area contributed by atoms with Crippen LogP contribution in [0, 0.1) is 5.92 Å². The van der Waals surface area contributed by atoms with Crippen molar-refractivity contribution in [1.29, 1.82) is 0 Å². The molecule has 3 aliphatic rings. The van der Waals surface area contributed by atoms with Gasteiger partial charge in [-0.2, -0.15) is 0 Å². The van der Waals surface area contributed by atoms with Crippen LogP contribution in [0.5, 0.6) is 0 Å². The molecule has 4 nitrogen and oxygen atoms in total. The SMILES string of the molecule is CCC1CC1N1C(=O)C2CCCN2C(=O)C1CC. The van der Waals surface area contributed by atoms with E-state index in [1.165, 1.54) is 0 Å². The van der Waals surface area contributed by atoms with Gasteiger partial charge in [0, 0.05) is 12.6 Å². The lowest BCUT2D eigenvalue weighted by atomic mass is 10.0. The molecule has 18 heavy (non-hydrogen) atoms. The molecule has 0 aromatic heterocycles. The third-order valence-corrected chi connectivity index (χ3v) is 4.85. The van der Waals surface area contributed by atoms with Crippen LogP contribution in [0.3, 0.4) is 0 Å². The molecule has 0 bridgehead atoms. The second-order valence-corrected chi connectivity index (χ2v) is 5.83. The predicted molar refractivity (Wildman–Crippen MR) is 67.8 cm³/mol. The van der Waals surface area contributed by atoms with E-state index < -0.39 is 0 Å². The van der Waals surface area contributed by atoms with Gasteiger partial charge in [0.25, 0.3) is 0 Å². The van der Waals surface area contributed by atoms with Gasteiger partial charge >= 0.3 is 0 Å². The average molecular weight is 250 g/mol. The van der Waals surface area contributed by atoms with Crippen LogP contribution in [-0.4, -0.2) is 46.3 Å². The Hall–Kier alpha value is -1.06. The molecule has 1 aliphatic carbocycles. The van der Waals surface area contributed by atoms with Crippen LogP contribution in [0.25, 0.3) is 0 Å². The van der Waals surface area contributed by atoms with Gasteiger partial charge in [0.15, 0.2) is 0 Å². The molecule has 4 atom stereocenters. The highest BCUT2D eigenvalue weighted by atomic mass is 16.2. The Morgan fingerprint density at radius 1 is 1.17 bits per heavy atom. The van der Waals surface area contributed by atoms with Gasteiger partial charge in [0.2, 0.25) is 11.8 Å². The molecule has 4 unspecified atom stereocenters. The lowest BCUT2D eigenvalue weighted by Gasteiger charge is -2.42. The molecule has 2 amide bonds. The van der Waals surface area contributed by atoms with E-state index in [0.29, 0.717) is 12.0 Å². The first-order valence-electron chi connectivity index (χ1n) is 7.31. The maximum atomic E-state index is 12.6. The normalized spacial score (nSPS) is 39.2.